The molecule has 4 heteroatoms. The molecular formula is C13H16ClNO2. The van der Waals surface area contributed by atoms with E-state index in [4.69, 9.17) is 11.6 Å². The fourth-order valence-corrected chi connectivity index (χ4v) is 1.58. The van der Waals surface area contributed by atoms with Gasteiger partial charge < -0.3 is 5.32 Å². The molecule has 0 aliphatic rings. The SMILES string of the molecule is CCCCC(=O)CC(=O)Nc1ccccc1Cl. The van der Waals surface area contributed by atoms with E-state index in [-0.39, 0.29) is 18.1 Å². The van der Waals surface area contributed by atoms with Crippen molar-refractivity contribution in [2.24, 2.45) is 0 Å². The Morgan fingerprint density at radius 3 is 2.65 bits per heavy atom. The molecule has 1 aromatic carbocycles. The third-order valence-electron chi connectivity index (χ3n) is 2.31. The maximum atomic E-state index is 11.5. The van der Waals surface area contributed by atoms with Gasteiger partial charge >= 0.3 is 0 Å². The van der Waals surface area contributed by atoms with Crippen molar-refractivity contribution in [2.75, 3.05) is 5.32 Å². The molecule has 0 aliphatic heterocycles. The Balaban J connectivity index is 2.45. The van der Waals surface area contributed by atoms with Crippen LogP contribution in [0.3, 0.4) is 0 Å². The second-order valence-electron chi connectivity index (χ2n) is 3.85. The summed E-state index contributed by atoms with van der Waals surface area (Å²) in [6, 6.07) is 6.96. The predicted octanol–water partition coefficient (Wildman–Crippen LogP) is 3.43. The largest absolute Gasteiger partial charge is 0.324 e. The summed E-state index contributed by atoms with van der Waals surface area (Å²) >= 11 is 5.89. The van der Waals surface area contributed by atoms with E-state index in [1.807, 2.05) is 6.92 Å². The summed E-state index contributed by atoms with van der Waals surface area (Å²) in [5, 5.41) is 3.10. The minimum absolute atomic E-state index is 0.0311. The van der Waals surface area contributed by atoms with Gasteiger partial charge in [0.2, 0.25) is 5.91 Å². The van der Waals surface area contributed by atoms with Crippen molar-refractivity contribution in [3.05, 3.63) is 29.3 Å². The van der Waals surface area contributed by atoms with Gasteiger partial charge in [0.05, 0.1) is 17.1 Å². The average Bonchev–Trinajstić information content (AvgIpc) is 2.29. The van der Waals surface area contributed by atoms with Crippen molar-refractivity contribution < 1.29 is 9.59 Å². The second-order valence-corrected chi connectivity index (χ2v) is 4.25. The van der Waals surface area contributed by atoms with E-state index in [9.17, 15) is 9.59 Å². The van der Waals surface area contributed by atoms with Gasteiger partial charge in [-0.2, -0.15) is 0 Å². The van der Waals surface area contributed by atoms with Crippen LogP contribution in [0.4, 0.5) is 5.69 Å². The van der Waals surface area contributed by atoms with E-state index in [1.54, 1.807) is 24.3 Å². The highest BCUT2D eigenvalue weighted by Gasteiger charge is 2.10. The fraction of sp³-hybridized carbons (Fsp3) is 0.385. The molecule has 0 fully saturated rings. The van der Waals surface area contributed by atoms with E-state index >= 15 is 0 Å². The molecule has 0 spiro atoms. The zero-order chi connectivity index (χ0) is 12.7. The van der Waals surface area contributed by atoms with Crippen LogP contribution in [0.1, 0.15) is 32.6 Å². The lowest BCUT2D eigenvalue weighted by molar-refractivity contribution is -0.125. The van der Waals surface area contributed by atoms with Crippen LogP contribution in [0.5, 0.6) is 0 Å². The zero-order valence-electron chi connectivity index (χ0n) is 9.83. The minimum Gasteiger partial charge on any atom is -0.324 e. The Hall–Kier alpha value is -1.35. The maximum Gasteiger partial charge on any atom is 0.231 e. The highest BCUT2D eigenvalue weighted by molar-refractivity contribution is 6.33. The number of carbonyl (C=O) groups is 2. The standard InChI is InChI=1S/C13H16ClNO2/c1-2-3-6-10(16)9-13(17)15-12-8-5-4-7-11(12)14/h4-5,7-8H,2-3,6,9H2,1H3,(H,15,17). The fourth-order valence-electron chi connectivity index (χ4n) is 1.40. The van der Waals surface area contributed by atoms with Crippen molar-refractivity contribution in [1.82, 2.24) is 0 Å². The van der Waals surface area contributed by atoms with Gasteiger partial charge in [0.15, 0.2) is 0 Å². The normalized spacial score (nSPS) is 10.0. The number of amides is 1. The lowest BCUT2D eigenvalue weighted by Crippen LogP contribution is -2.16. The maximum absolute atomic E-state index is 11.5. The van der Waals surface area contributed by atoms with Crippen LogP contribution in [0.2, 0.25) is 5.02 Å². The molecule has 0 atom stereocenters. The van der Waals surface area contributed by atoms with Gasteiger partial charge in [-0.15, -0.1) is 0 Å². The van der Waals surface area contributed by atoms with Gasteiger partial charge in [0.25, 0.3) is 0 Å². The Morgan fingerprint density at radius 1 is 1.29 bits per heavy atom. The van der Waals surface area contributed by atoms with E-state index < -0.39 is 0 Å². The van der Waals surface area contributed by atoms with Crippen molar-refractivity contribution in [2.45, 2.75) is 32.6 Å². The van der Waals surface area contributed by atoms with Crippen LogP contribution in [0.15, 0.2) is 24.3 Å². The van der Waals surface area contributed by atoms with Crippen LogP contribution in [0, 0.1) is 0 Å². The quantitative estimate of drug-likeness (QED) is 0.790. The molecule has 0 bridgehead atoms. The summed E-state index contributed by atoms with van der Waals surface area (Å²) in [6.07, 6.45) is 2.17. The number of rotatable bonds is 6. The molecule has 1 aromatic rings. The number of anilines is 1. The van der Waals surface area contributed by atoms with Gasteiger partial charge in [0, 0.05) is 6.42 Å². The monoisotopic (exact) mass is 253 g/mol. The number of hydrogen-bond acceptors (Lipinski definition) is 2. The van der Waals surface area contributed by atoms with Gasteiger partial charge in [-0.05, 0) is 18.6 Å². The number of Topliss-reactive ketones (excluding diaryl/α,β-unsaturated/α-hetero) is 1. The molecule has 0 unspecified atom stereocenters. The Kier molecular flexibility index (Phi) is 5.70. The topological polar surface area (TPSA) is 46.2 Å². The smallest absolute Gasteiger partial charge is 0.231 e. The summed E-state index contributed by atoms with van der Waals surface area (Å²) in [5.41, 5.74) is 0.544. The number of benzene rings is 1. The van der Waals surface area contributed by atoms with Gasteiger partial charge in [-0.25, -0.2) is 0 Å². The van der Waals surface area contributed by atoms with Crippen molar-refractivity contribution in [1.29, 1.82) is 0 Å². The second kappa shape index (κ2) is 7.07. The van der Waals surface area contributed by atoms with E-state index in [0.29, 0.717) is 17.1 Å². The van der Waals surface area contributed by atoms with Crippen LogP contribution in [-0.2, 0) is 9.59 Å². The number of nitrogens with one attached hydrogen (secondary N) is 1. The first-order valence-corrected chi connectivity index (χ1v) is 6.07. The minimum atomic E-state index is -0.306. The third kappa shape index (κ3) is 5.00. The average molecular weight is 254 g/mol. The summed E-state index contributed by atoms with van der Waals surface area (Å²) < 4.78 is 0. The molecular weight excluding hydrogens is 238 g/mol. The molecule has 3 nitrogen and oxygen atoms in total. The molecule has 0 radical (unpaired) electrons. The summed E-state index contributed by atoms with van der Waals surface area (Å²) in [5.74, 6) is -0.337. The number of unbranched alkanes of at least 4 members (excludes halogenated alkanes) is 1. The highest BCUT2D eigenvalue weighted by Crippen LogP contribution is 2.20. The molecule has 0 aromatic heterocycles. The molecule has 1 rings (SSSR count). The van der Waals surface area contributed by atoms with Crippen LogP contribution in [0.25, 0.3) is 0 Å². The van der Waals surface area contributed by atoms with Crippen LogP contribution < -0.4 is 5.32 Å². The molecule has 0 heterocycles. The van der Waals surface area contributed by atoms with Crippen molar-refractivity contribution in [3.8, 4) is 0 Å². The molecule has 0 saturated heterocycles. The number of halogens is 1. The summed E-state index contributed by atoms with van der Waals surface area (Å²) in [6.45, 7) is 2.01. The molecule has 92 valence electrons. The first-order chi connectivity index (χ1) is 8.13. The Bertz CT molecular complexity index is 404. The molecule has 1 N–H and O–H groups in total. The number of carbonyl (C=O) groups excluding carboxylic acids is 2. The van der Waals surface area contributed by atoms with Crippen LogP contribution in [-0.4, -0.2) is 11.7 Å². The molecule has 17 heavy (non-hydrogen) atoms. The molecule has 0 saturated carbocycles. The molecule has 1 amide bonds. The molecule has 0 aliphatic carbocycles. The van der Waals surface area contributed by atoms with Crippen molar-refractivity contribution >= 4 is 29.0 Å². The zero-order valence-corrected chi connectivity index (χ0v) is 10.6. The van der Waals surface area contributed by atoms with Gasteiger partial charge in [0.1, 0.15) is 5.78 Å². The van der Waals surface area contributed by atoms with Gasteiger partial charge in [-0.3, -0.25) is 9.59 Å². The van der Waals surface area contributed by atoms with E-state index in [0.717, 1.165) is 12.8 Å². The lowest BCUT2D eigenvalue weighted by atomic mass is 10.1. The highest BCUT2D eigenvalue weighted by atomic mass is 35.5. The van der Waals surface area contributed by atoms with Gasteiger partial charge in [-0.1, -0.05) is 37.1 Å². The lowest BCUT2D eigenvalue weighted by Gasteiger charge is -2.06. The summed E-state index contributed by atoms with van der Waals surface area (Å²) in [4.78, 5) is 22.9. The predicted molar refractivity (Wildman–Crippen MR) is 69.2 cm³/mol. The number of hydrogen-bond donors (Lipinski definition) is 1. The number of para-hydroxylation sites is 1. The Morgan fingerprint density at radius 2 is 2.00 bits per heavy atom. The summed E-state index contributed by atoms with van der Waals surface area (Å²) in [7, 11) is 0. The number of ketones is 1. The van der Waals surface area contributed by atoms with E-state index in [1.165, 1.54) is 0 Å². The van der Waals surface area contributed by atoms with E-state index in [2.05, 4.69) is 5.32 Å². The third-order valence-corrected chi connectivity index (χ3v) is 2.64. The first-order valence-electron chi connectivity index (χ1n) is 5.69. The first kappa shape index (κ1) is 13.7. The Labute approximate surface area is 106 Å². The van der Waals surface area contributed by atoms with Crippen molar-refractivity contribution in [3.63, 3.8) is 0 Å². The van der Waals surface area contributed by atoms with Crippen LogP contribution >= 0.6 is 11.6 Å².